The molecule has 0 bridgehead atoms. The topological polar surface area (TPSA) is 64.6 Å². The van der Waals surface area contributed by atoms with Crippen molar-refractivity contribution < 1.29 is 19.1 Å². The third-order valence-corrected chi connectivity index (χ3v) is 5.61. The van der Waals surface area contributed by atoms with Gasteiger partial charge in [-0.05, 0) is 37.0 Å². The van der Waals surface area contributed by atoms with Crippen LogP contribution in [0.4, 0.5) is 5.00 Å². The van der Waals surface area contributed by atoms with Gasteiger partial charge in [-0.1, -0.05) is 24.3 Å². The molecule has 0 saturated heterocycles. The van der Waals surface area contributed by atoms with Gasteiger partial charge < -0.3 is 14.8 Å². The maximum atomic E-state index is 12.5. The van der Waals surface area contributed by atoms with Crippen molar-refractivity contribution in [3.05, 3.63) is 51.4 Å². The number of esters is 1. The molecule has 0 radical (unpaired) electrons. The van der Waals surface area contributed by atoms with Gasteiger partial charge in [0, 0.05) is 4.88 Å². The third-order valence-electron chi connectivity index (χ3n) is 4.49. The highest BCUT2D eigenvalue weighted by Crippen LogP contribution is 2.34. The first kappa shape index (κ1) is 17.6. The van der Waals surface area contributed by atoms with Crippen molar-refractivity contribution in [2.45, 2.75) is 32.8 Å². The molecule has 132 valence electrons. The molecule has 0 saturated carbocycles. The van der Waals surface area contributed by atoms with Gasteiger partial charge in [-0.25, -0.2) is 4.79 Å². The van der Waals surface area contributed by atoms with Crippen LogP contribution in [0.5, 0.6) is 0 Å². The molecule has 1 aromatic carbocycles. The van der Waals surface area contributed by atoms with Crippen molar-refractivity contribution in [3.8, 4) is 0 Å². The Morgan fingerprint density at radius 1 is 1.32 bits per heavy atom. The average Bonchev–Trinajstić information content (AvgIpc) is 2.88. The van der Waals surface area contributed by atoms with E-state index < -0.39 is 5.97 Å². The molecule has 0 spiro atoms. The van der Waals surface area contributed by atoms with Crippen LogP contribution in [0, 0.1) is 13.8 Å². The van der Waals surface area contributed by atoms with Crippen molar-refractivity contribution in [2.24, 2.45) is 0 Å². The van der Waals surface area contributed by atoms with E-state index in [-0.39, 0.29) is 18.4 Å². The molecule has 1 aromatic heterocycles. The van der Waals surface area contributed by atoms with E-state index in [4.69, 9.17) is 9.47 Å². The Labute approximate surface area is 151 Å². The van der Waals surface area contributed by atoms with Crippen molar-refractivity contribution in [2.75, 3.05) is 19.0 Å². The van der Waals surface area contributed by atoms with Crippen LogP contribution in [0.2, 0.25) is 0 Å². The fraction of sp³-hybridized carbons (Fsp3) is 0.368. The van der Waals surface area contributed by atoms with Crippen LogP contribution in [-0.2, 0) is 20.7 Å². The quantitative estimate of drug-likeness (QED) is 0.844. The van der Waals surface area contributed by atoms with Gasteiger partial charge in [0.15, 0.2) is 0 Å². The summed E-state index contributed by atoms with van der Waals surface area (Å²) in [5, 5.41) is 3.40. The molecule has 2 aromatic rings. The van der Waals surface area contributed by atoms with Crippen molar-refractivity contribution in [3.63, 3.8) is 0 Å². The Morgan fingerprint density at radius 2 is 2.08 bits per heavy atom. The van der Waals surface area contributed by atoms with Gasteiger partial charge >= 0.3 is 5.97 Å². The second-order valence-corrected chi connectivity index (χ2v) is 7.26. The normalized spacial score (nSPS) is 16.2. The molecule has 1 aliphatic heterocycles. The first-order chi connectivity index (χ1) is 12.0. The Balaban J connectivity index is 1.76. The van der Waals surface area contributed by atoms with E-state index in [1.54, 1.807) is 0 Å². The number of fused-ring (bicyclic) bond motifs is 1. The molecule has 1 atom stereocenters. The molecular weight excluding hydrogens is 338 g/mol. The summed E-state index contributed by atoms with van der Waals surface area (Å²) in [6.45, 7) is 4.39. The molecule has 1 unspecified atom stereocenters. The number of carbonyl (C=O) groups is 2. The Hall–Kier alpha value is -2.18. The zero-order chi connectivity index (χ0) is 18.0. The number of rotatable bonds is 4. The lowest BCUT2D eigenvalue weighted by atomic mass is 9.95. The smallest absolute Gasteiger partial charge is 0.341 e. The van der Waals surface area contributed by atoms with E-state index in [0.717, 1.165) is 22.4 Å². The van der Waals surface area contributed by atoms with Crippen LogP contribution in [0.1, 0.15) is 44.5 Å². The number of anilines is 1. The minimum absolute atomic E-state index is 0.173. The highest BCUT2D eigenvalue weighted by molar-refractivity contribution is 7.16. The molecule has 5 nitrogen and oxygen atoms in total. The molecule has 25 heavy (non-hydrogen) atoms. The van der Waals surface area contributed by atoms with E-state index in [1.165, 1.54) is 24.0 Å². The molecule has 1 amide bonds. The van der Waals surface area contributed by atoms with E-state index in [0.29, 0.717) is 17.2 Å². The van der Waals surface area contributed by atoms with E-state index >= 15 is 0 Å². The van der Waals surface area contributed by atoms with E-state index in [1.807, 2.05) is 32.0 Å². The van der Waals surface area contributed by atoms with Crippen molar-refractivity contribution in [1.29, 1.82) is 0 Å². The number of thiophene rings is 1. The lowest BCUT2D eigenvalue weighted by molar-refractivity contribution is -0.119. The second kappa shape index (κ2) is 7.37. The highest BCUT2D eigenvalue weighted by Gasteiger charge is 2.25. The lowest BCUT2D eigenvalue weighted by Gasteiger charge is -2.25. The van der Waals surface area contributed by atoms with Gasteiger partial charge in [0.2, 0.25) is 5.91 Å². The largest absolute Gasteiger partial charge is 0.465 e. The fourth-order valence-corrected chi connectivity index (χ4v) is 4.12. The molecule has 2 heterocycles. The predicted molar refractivity (Wildman–Crippen MR) is 97.2 cm³/mol. The summed E-state index contributed by atoms with van der Waals surface area (Å²) in [6.07, 6.45) is 0.825. The first-order valence-electron chi connectivity index (χ1n) is 8.18. The Morgan fingerprint density at radius 3 is 2.84 bits per heavy atom. The first-order valence-corrected chi connectivity index (χ1v) is 9.00. The number of methoxy groups -OCH3 is 1. The number of nitrogens with one attached hydrogen (secondary N) is 1. The maximum Gasteiger partial charge on any atom is 0.341 e. The number of hydrogen-bond acceptors (Lipinski definition) is 5. The minimum atomic E-state index is -0.434. The number of amides is 1. The summed E-state index contributed by atoms with van der Waals surface area (Å²) < 4.78 is 10.6. The number of hydrogen-bond donors (Lipinski definition) is 1. The van der Waals surface area contributed by atoms with Crippen LogP contribution >= 0.6 is 11.3 Å². The number of benzene rings is 1. The van der Waals surface area contributed by atoms with Crippen LogP contribution in [0.3, 0.4) is 0 Å². The summed E-state index contributed by atoms with van der Waals surface area (Å²) in [5.41, 5.74) is 3.56. The molecule has 0 fully saturated rings. The third kappa shape index (κ3) is 3.60. The van der Waals surface area contributed by atoms with Gasteiger partial charge in [-0.15, -0.1) is 11.3 Å². The van der Waals surface area contributed by atoms with Crippen LogP contribution in [-0.4, -0.2) is 25.6 Å². The van der Waals surface area contributed by atoms with Crippen molar-refractivity contribution in [1.82, 2.24) is 0 Å². The number of aryl methyl sites for hydroxylation is 1. The van der Waals surface area contributed by atoms with E-state index in [2.05, 4.69) is 11.4 Å². The number of carbonyl (C=O) groups excluding carboxylic acids is 2. The minimum Gasteiger partial charge on any atom is -0.465 e. The molecular formula is C19H21NO4S. The molecule has 3 rings (SSSR count). The summed E-state index contributed by atoms with van der Waals surface area (Å²) >= 11 is 1.39. The molecule has 1 aliphatic rings. The van der Waals surface area contributed by atoms with Crippen LogP contribution < -0.4 is 5.32 Å². The highest BCUT2D eigenvalue weighted by atomic mass is 32.1. The standard InChI is InChI=1S/C19H21NO4S/c1-11-12(2)25-18(17(11)19(22)23-3)20-16(21)10-15-14-7-5-4-6-13(14)8-9-24-15/h4-7,15H,8-10H2,1-3H3,(H,20,21). The van der Waals surface area contributed by atoms with Gasteiger partial charge in [0.25, 0.3) is 0 Å². The maximum absolute atomic E-state index is 12.5. The summed E-state index contributed by atoms with van der Waals surface area (Å²) in [5.74, 6) is -0.607. The van der Waals surface area contributed by atoms with Gasteiger partial charge in [0.05, 0.1) is 31.8 Å². The summed E-state index contributed by atoms with van der Waals surface area (Å²) in [7, 11) is 1.34. The zero-order valence-corrected chi connectivity index (χ0v) is 15.4. The van der Waals surface area contributed by atoms with Gasteiger partial charge in [0.1, 0.15) is 5.00 Å². The van der Waals surface area contributed by atoms with Gasteiger partial charge in [-0.3, -0.25) is 4.79 Å². The average molecular weight is 359 g/mol. The van der Waals surface area contributed by atoms with E-state index in [9.17, 15) is 9.59 Å². The van der Waals surface area contributed by atoms with Crippen molar-refractivity contribution >= 4 is 28.2 Å². The monoisotopic (exact) mass is 359 g/mol. The van der Waals surface area contributed by atoms with Crippen LogP contribution in [0.15, 0.2) is 24.3 Å². The second-order valence-electron chi connectivity index (χ2n) is 6.04. The molecule has 0 aliphatic carbocycles. The number of ether oxygens (including phenoxy) is 2. The fourth-order valence-electron chi connectivity index (χ4n) is 3.05. The Bertz CT molecular complexity index is 812. The molecule has 6 heteroatoms. The zero-order valence-electron chi connectivity index (χ0n) is 14.5. The summed E-state index contributed by atoms with van der Waals surface area (Å²) in [4.78, 5) is 25.5. The van der Waals surface area contributed by atoms with Gasteiger partial charge in [-0.2, -0.15) is 0 Å². The molecule has 1 N–H and O–H groups in total. The Kier molecular flexibility index (Phi) is 5.20. The van der Waals surface area contributed by atoms with Crippen LogP contribution in [0.25, 0.3) is 0 Å². The summed E-state index contributed by atoms with van der Waals surface area (Å²) in [6, 6.07) is 8.04. The SMILES string of the molecule is COC(=O)c1c(NC(=O)CC2OCCc3ccccc32)sc(C)c1C. The predicted octanol–water partition coefficient (Wildman–Crippen LogP) is 3.79. The lowest BCUT2D eigenvalue weighted by Crippen LogP contribution is -2.22.